The number of aryl methyl sites for hydroxylation is 3. The van der Waals surface area contributed by atoms with Crippen LogP contribution in [0.5, 0.6) is 5.75 Å². The minimum absolute atomic E-state index is 0.0748. The Morgan fingerprint density at radius 1 is 0.950 bits per heavy atom. The van der Waals surface area contributed by atoms with E-state index in [1.165, 1.54) is 0 Å². The zero-order chi connectivity index (χ0) is 28.2. The topological polar surface area (TPSA) is 135 Å². The molecule has 206 valence electrons. The second-order valence-corrected chi connectivity index (χ2v) is 9.73. The van der Waals surface area contributed by atoms with Gasteiger partial charge in [-0.3, -0.25) is 25.2 Å². The summed E-state index contributed by atoms with van der Waals surface area (Å²) < 4.78 is 16.9. The van der Waals surface area contributed by atoms with Crippen LogP contribution >= 0.6 is 0 Å². The summed E-state index contributed by atoms with van der Waals surface area (Å²) in [7, 11) is 0. The number of nitrogens with zero attached hydrogens (tertiary/aromatic N) is 1. The summed E-state index contributed by atoms with van der Waals surface area (Å²) in [5, 5.41) is 5.29. The first-order chi connectivity index (χ1) is 19.3. The van der Waals surface area contributed by atoms with Crippen LogP contribution < -0.4 is 21.0 Å². The standard InChI is InChI=1S/C30H30N4O6/c1-17-12-13-22-20(15-39-28(22)18(17)2)14-25(35)32-31-23-10-7-11-24-27(23)19(3)29(40-24)30(37)34-33-26(36)16-38-21-8-5-4-6-9-21/h4-6,8-9,12-13,15H,7,10-11,14,16H2,1-3H3,(H,32,35)(H,33,36)(H,34,37)/b31-23+. The second-order valence-electron chi connectivity index (χ2n) is 9.73. The fraction of sp³-hybridized carbons (Fsp3) is 0.267. The molecule has 2 heterocycles. The molecule has 0 unspecified atom stereocenters. The van der Waals surface area contributed by atoms with E-state index in [2.05, 4.69) is 21.4 Å². The molecule has 4 aromatic rings. The number of amides is 3. The van der Waals surface area contributed by atoms with Crippen molar-refractivity contribution < 1.29 is 28.0 Å². The van der Waals surface area contributed by atoms with E-state index in [9.17, 15) is 14.4 Å². The zero-order valence-corrected chi connectivity index (χ0v) is 22.6. The van der Waals surface area contributed by atoms with Crippen LogP contribution in [0.25, 0.3) is 11.0 Å². The molecule has 0 radical (unpaired) electrons. The van der Waals surface area contributed by atoms with Crippen LogP contribution in [0.15, 0.2) is 62.7 Å². The first-order valence-corrected chi connectivity index (χ1v) is 13.0. The van der Waals surface area contributed by atoms with Crippen LogP contribution in [0, 0.1) is 20.8 Å². The predicted octanol–water partition coefficient (Wildman–Crippen LogP) is 4.19. The van der Waals surface area contributed by atoms with Crippen molar-refractivity contribution in [3.05, 3.63) is 88.1 Å². The molecule has 0 saturated carbocycles. The predicted molar refractivity (Wildman–Crippen MR) is 148 cm³/mol. The van der Waals surface area contributed by atoms with E-state index < -0.39 is 11.8 Å². The molecule has 3 amide bonds. The maximum absolute atomic E-state index is 12.8. The number of para-hydroxylation sites is 1. The Bertz CT molecular complexity index is 1620. The molecule has 0 saturated heterocycles. The number of rotatable bonds is 7. The summed E-state index contributed by atoms with van der Waals surface area (Å²) in [6.45, 7) is 5.50. The van der Waals surface area contributed by atoms with Crippen molar-refractivity contribution in [1.82, 2.24) is 16.3 Å². The van der Waals surface area contributed by atoms with Crippen molar-refractivity contribution in [3.63, 3.8) is 0 Å². The Hall–Kier alpha value is -4.86. The lowest BCUT2D eigenvalue weighted by Gasteiger charge is -2.13. The summed E-state index contributed by atoms with van der Waals surface area (Å²) in [5.74, 6) is -0.161. The van der Waals surface area contributed by atoms with Gasteiger partial charge in [-0.2, -0.15) is 5.10 Å². The molecule has 0 bridgehead atoms. The van der Waals surface area contributed by atoms with E-state index in [0.717, 1.165) is 34.1 Å². The van der Waals surface area contributed by atoms with Crippen molar-refractivity contribution in [2.24, 2.45) is 5.10 Å². The molecule has 0 fully saturated rings. The van der Waals surface area contributed by atoms with Crippen LogP contribution in [0.2, 0.25) is 0 Å². The van der Waals surface area contributed by atoms with E-state index in [1.807, 2.05) is 32.0 Å². The molecular formula is C30H30N4O6. The number of nitrogens with one attached hydrogen (secondary N) is 3. The third-order valence-corrected chi connectivity index (χ3v) is 6.97. The van der Waals surface area contributed by atoms with E-state index in [4.69, 9.17) is 13.6 Å². The van der Waals surface area contributed by atoms with Gasteiger partial charge < -0.3 is 13.6 Å². The summed E-state index contributed by atoms with van der Waals surface area (Å²) in [4.78, 5) is 37.6. The van der Waals surface area contributed by atoms with Crippen molar-refractivity contribution in [2.75, 3.05) is 6.61 Å². The third kappa shape index (κ3) is 5.61. The number of fused-ring (bicyclic) bond motifs is 2. The monoisotopic (exact) mass is 542 g/mol. The van der Waals surface area contributed by atoms with Crippen molar-refractivity contribution >= 4 is 34.4 Å². The highest BCUT2D eigenvalue weighted by Crippen LogP contribution is 2.30. The van der Waals surface area contributed by atoms with Crippen LogP contribution in [-0.4, -0.2) is 30.0 Å². The average Bonchev–Trinajstić information content (AvgIpc) is 3.53. The Balaban J connectivity index is 1.22. The van der Waals surface area contributed by atoms with Gasteiger partial charge in [-0.15, -0.1) is 0 Å². The van der Waals surface area contributed by atoms with Crippen molar-refractivity contribution in [2.45, 2.75) is 46.5 Å². The molecule has 5 rings (SSSR count). The lowest BCUT2D eigenvalue weighted by molar-refractivity contribution is -0.124. The maximum Gasteiger partial charge on any atom is 0.305 e. The molecule has 40 heavy (non-hydrogen) atoms. The smallest absolute Gasteiger partial charge is 0.305 e. The largest absolute Gasteiger partial charge is 0.484 e. The summed E-state index contributed by atoms with van der Waals surface area (Å²) in [6, 6.07) is 12.9. The van der Waals surface area contributed by atoms with Crippen LogP contribution in [-0.2, 0) is 22.4 Å². The molecule has 0 spiro atoms. The van der Waals surface area contributed by atoms with Gasteiger partial charge in [-0.1, -0.05) is 30.3 Å². The molecular weight excluding hydrogens is 512 g/mol. The second kappa shape index (κ2) is 11.5. The number of furan rings is 2. The van der Waals surface area contributed by atoms with E-state index >= 15 is 0 Å². The Kier molecular flexibility index (Phi) is 7.68. The molecule has 10 nitrogen and oxygen atoms in total. The van der Waals surface area contributed by atoms with Gasteiger partial charge in [0.15, 0.2) is 12.4 Å². The highest BCUT2D eigenvalue weighted by atomic mass is 16.5. The number of hydrogen-bond donors (Lipinski definition) is 3. The van der Waals surface area contributed by atoms with Crippen molar-refractivity contribution in [1.29, 1.82) is 0 Å². The minimum atomic E-state index is -0.597. The quantitative estimate of drug-likeness (QED) is 0.300. The van der Waals surface area contributed by atoms with Crippen LogP contribution in [0.4, 0.5) is 0 Å². The summed E-state index contributed by atoms with van der Waals surface area (Å²) in [6.07, 6.45) is 3.74. The van der Waals surface area contributed by atoms with Crippen LogP contribution in [0.3, 0.4) is 0 Å². The SMILES string of the molecule is Cc1ccc2c(CC(=O)N/N=C3\CCCc4oc(C(=O)NNC(=O)COc5ccccc5)c(C)c43)coc2c1C. The average molecular weight is 543 g/mol. The Morgan fingerprint density at radius 2 is 1.75 bits per heavy atom. The summed E-state index contributed by atoms with van der Waals surface area (Å²) in [5.41, 5.74) is 13.0. The molecule has 2 aromatic heterocycles. The van der Waals surface area contributed by atoms with Gasteiger partial charge in [0, 0.05) is 28.5 Å². The van der Waals surface area contributed by atoms with E-state index in [1.54, 1.807) is 37.5 Å². The van der Waals surface area contributed by atoms with Gasteiger partial charge in [-0.05, 0) is 56.9 Å². The number of hydrogen-bond acceptors (Lipinski definition) is 7. The molecule has 0 atom stereocenters. The van der Waals surface area contributed by atoms with Crippen LogP contribution in [0.1, 0.15) is 57.0 Å². The number of hydrazine groups is 1. The highest BCUT2D eigenvalue weighted by molar-refractivity contribution is 6.07. The minimum Gasteiger partial charge on any atom is -0.484 e. The van der Waals surface area contributed by atoms with Gasteiger partial charge in [0.25, 0.3) is 5.91 Å². The fourth-order valence-corrected chi connectivity index (χ4v) is 4.75. The number of benzene rings is 2. The molecule has 1 aliphatic rings. The van der Waals surface area contributed by atoms with Gasteiger partial charge in [-0.25, -0.2) is 5.43 Å². The normalized spacial score (nSPS) is 13.6. The molecule has 3 N–H and O–H groups in total. The highest BCUT2D eigenvalue weighted by Gasteiger charge is 2.28. The number of carbonyl (C=O) groups is 3. The van der Waals surface area contributed by atoms with Gasteiger partial charge in [0.2, 0.25) is 5.91 Å². The van der Waals surface area contributed by atoms with Gasteiger partial charge in [0.05, 0.1) is 18.4 Å². The lowest BCUT2D eigenvalue weighted by atomic mass is 9.93. The Labute approximate surface area is 230 Å². The Morgan fingerprint density at radius 3 is 2.55 bits per heavy atom. The van der Waals surface area contributed by atoms with Gasteiger partial charge >= 0.3 is 5.91 Å². The van der Waals surface area contributed by atoms with Gasteiger partial charge in [0.1, 0.15) is 17.1 Å². The van der Waals surface area contributed by atoms with E-state index in [-0.39, 0.29) is 24.7 Å². The van der Waals surface area contributed by atoms with E-state index in [0.29, 0.717) is 41.2 Å². The maximum atomic E-state index is 12.8. The number of ether oxygens (including phenoxy) is 1. The molecule has 10 heteroatoms. The number of carbonyl (C=O) groups excluding carboxylic acids is 3. The lowest BCUT2D eigenvalue weighted by Crippen LogP contribution is -2.43. The number of hydrazone groups is 1. The summed E-state index contributed by atoms with van der Waals surface area (Å²) >= 11 is 0. The fourth-order valence-electron chi connectivity index (χ4n) is 4.75. The first kappa shape index (κ1) is 26.7. The molecule has 2 aromatic carbocycles. The molecule has 0 aliphatic heterocycles. The zero-order valence-electron chi connectivity index (χ0n) is 22.6. The van der Waals surface area contributed by atoms with Crippen molar-refractivity contribution in [3.8, 4) is 5.75 Å². The molecule has 1 aliphatic carbocycles. The first-order valence-electron chi connectivity index (χ1n) is 13.0. The third-order valence-electron chi connectivity index (χ3n) is 6.97.